The van der Waals surface area contributed by atoms with E-state index in [4.69, 9.17) is 28.3 Å². The lowest BCUT2D eigenvalue weighted by Crippen LogP contribution is -2.32. The summed E-state index contributed by atoms with van der Waals surface area (Å²) >= 11 is 11.8. The molecule has 0 aliphatic rings. The molecule has 0 aliphatic carbocycles. The molecule has 0 saturated carbocycles. The fraction of sp³-hybridized carbons (Fsp3) is 0.316. The van der Waals surface area contributed by atoms with Crippen LogP contribution in [0.4, 0.5) is 0 Å². The number of amides is 1. The molecule has 1 aromatic carbocycles. The van der Waals surface area contributed by atoms with Crippen molar-refractivity contribution in [3.63, 3.8) is 0 Å². The number of nitrogens with one attached hydrogen (secondary N) is 1. The lowest BCUT2D eigenvalue weighted by molar-refractivity contribution is -0.141. The van der Waals surface area contributed by atoms with Crippen molar-refractivity contribution in [3.05, 3.63) is 62.0 Å². The van der Waals surface area contributed by atoms with Gasteiger partial charge in [-0.15, -0.1) is 0 Å². The molecule has 2 aromatic rings. The van der Waals surface area contributed by atoms with Crippen molar-refractivity contribution in [2.45, 2.75) is 32.2 Å². The van der Waals surface area contributed by atoms with Crippen LogP contribution in [0.1, 0.15) is 41.7 Å². The summed E-state index contributed by atoms with van der Waals surface area (Å²) in [5.74, 6) is -2.58. The minimum atomic E-state index is -1.19. The maximum Gasteiger partial charge on any atom is 0.326 e. The van der Waals surface area contributed by atoms with Crippen molar-refractivity contribution in [1.82, 2.24) is 9.88 Å². The number of rotatable bonds is 8. The summed E-state index contributed by atoms with van der Waals surface area (Å²) in [4.78, 5) is 35.7. The maximum absolute atomic E-state index is 12.2. The van der Waals surface area contributed by atoms with E-state index >= 15 is 0 Å². The van der Waals surface area contributed by atoms with Gasteiger partial charge in [0.15, 0.2) is 5.75 Å². The summed E-state index contributed by atoms with van der Waals surface area (Å²) in [7, 11) is 0. The fourth-order valence-corrected chi connectivity index (χ4v) is 3.06. The predicted octanol–water partition coefficient (Wildman–Crippen LogP) is 3.26. The first-order valence-corrected chi connectivity index (χ1v) is 9.40. The standard InChI is InChI=1S/C19H20Cl2N2O5/c1-2-15(19(27)28)23-9-7-12(16(24)18(23)26)17(25)22-8-3-4-11-5-6-13(20)14(21)10-11/h5-7,9-10,15,24H,2-4,8H2,1H3,(H,22,25)(H,27,28). The van der Waals surface area contributed by atoms with E-state index < -0.39 is 29.2 Å². The quantitative estimate of drug-likeness (QED) is 0.561. The first kappa shape index (κ1) is 21.8. The van der Waals surface area contributed by atoms with Crippen LogP contribution in [0.5, 0.6) is 5.75 Å². The fourth-order valence-electron chi connectivity index (χ4n) is 2.74. The molecule has 1 amide bonds. The van der Waals surface area contributed by atoms with Gasteiger partial charge in [-0.05, 0) is 43.0 Å². The van der Waals surface area contributed by atoms with E-state index in [0.29, 0.717) is 29.4 Å². The maximum atomic E-state index is 12.2. The summed E-state index contributed by atoms with van der Waals surface area (Å²) < 4.78 is 0.902. The van der Waals surface area contributed by atoms with Crippen LogP contribution in [0.15, 0.2) is 35.3 Å². The number of aromatic hydroxyl groups is 1. The Labute approximate surface area is 171 Å². The van der Waals surface area contributed by atoms with E-state index in [1.165, 1.54) is 12.3 Å². The van der Waals surface area contributed by atoms with Gasteiger partial charge in [0.1, 0.15) is 6.04 Å². The average Bonchev–Trinajstić information content (AvgIpc) is 2.65. The number of pyridine rings is 1. The van der Waals surface area contributed by atoms with Crippen molar-refractivity contribution in [2.24, 2.45) is 0 Å². The van der Waals surface area contributed by atoms with Crippen molar-refractivity contribution in [1.29, 1.82) is 0 Å². The Morgan fingerprint density at radius 1 is 1.21 bits per heavy atom. The first-order valence-electron chi connectivity index (χ1n) is 8.65. The molecule has 9 heteroatoms. The number of carbonyl (C=O) groups is 2. The van der Waals surface area contributed by atoms with Crippen molar-refractivity contribution in [3.8, 4) is 5.75 Å². The molecule has 0 aliphatic heterocycles. The van der Waals surface area contributed by atoms with Gasteiger partial charge in [0.05, 0.1) is 15.6 Å². The van der Waals surface area contributed by atoms with Gasteiger partial charge in [0, 0.05) is 12.7 Å². The molecule has 0 fully saturated rings. The highest BCUT2D eigenvalue weighted by Crippen LogP contribution is 2.23. The Morgan fingerprint density at radius 2 is 1.93 bits per heavy atom. The Bertz CT molecular complexity index is 942. The zero-order valence-corrected chi connectivity index (χ0v) is 16.6. The van der Waals surface area contributed by atoms with Gasteiger partial charge in [-0.3, -0.25) is 14.2 Å². The summed E-state index contributed by atoms with van der Waals surface area (Å²) in [6.07, 6.45) is 2.63. The van der Waals surface area contributed by atoms with Crippen LogP contribution in [0.25, 0.3) is 0 Å². The van der Waals surface area contributed by atoms with Crippen LogP contribution in [0.3, 0.4) is 0 Å². The van der Waals surface area contributed by atoms with E-state index in [-0.39, 0.29) is 12.0 Å². The SMILES string of the molecule is CCC(C(=O)O)n1ccc(C(=O)NCCCc2ccc(Cl)c(Cl)c2)c(O)c1=O. The Kier molecular flexibility index (Phi) is 7.48. The van der Waals surface area contributed by atoms with Crippen LogP contribution in [0, 0.1) is 0 Å². The van der Waals surface area contributed by atoms with Crippen molar-refractivity contribution >= 4 is 35.1 Å². The topological polar surface area (TPSA) is 109 Å². The van der Waals surface area contributed by atoms with Crippen LogP contribution in [-0.4, -0.2) is 33.2 Å². The van der Waals surface area contributed by atoms with Crippen LogP contribution in [-0.2, 0) is 11.2 Å². The number of hydrogen-bond acceptors (Lipinski definition) is 4. The smallest absolute Gasteiger partial charge is 0.326 e. The van der Waals surface area contributed by atoms with Gasteiger partial charge < -0.3 is 15.5 Å². The molecule has 2 rings (SSSR count). The van der Waals surface area contributed by atoms with E-state index in [9.17, 15) is 19.5 Å². The van der Waals surface area contributed by atoms with Gasteiger partial charge in [0.25, 0.3) is 11.5 Å². The third-order valence-electron chi connectivity index (χ3n) is 4.26. The molecule has 1 unspecified atom stereocenters. The van der Waals surface area contributed by atoms with Gasteiger partial charge in [-0.25, -0.2) is 4.79 Å². The largest absolute Gasteiger partial charge is 0.502 e. The lowest BCUT2D eigenvalue weighted by atomic mass is 10.1. The Morgan fingerprint density at radius 3 is 2.54 bits per heavy atom. The molecule has 0 spiro atoms. The van der Waals surface area contributed by atoms with Crippen LogP contribution < -0.4 is 10.9 Å². The first-order chi connectivity index (χ1) is 13.3. The highest BCUT2D eigenvalue weighted by Gasteiger charge is 2.22. The highest BCUT2D eigenvalue weighted by molar-refractivity contribution is 6.42. The van der Waals surface area contributed by atoms with Crippen molar-refractivity contribution in [2.75, 3.05) is 6.54 Å². The summed E-state index contributed by atoms with van der Waals surface area (Å²) in [6.45, 7) is 1.92. The van der Waals surface area contributed by atoms with Gasteiger partial charge in [-0.2, -0.15) is 0 Å². The number of nitrogens with zero attached hydrogens (tertiary/aromatic N) is 1. The zero-order chi connectivity index (χ0) is 20.8. The summed E-state index contributed by atoms with van der Waals surface area (Å²) in [5.41, 5.74) is -0.151. The number of aromatic nitrogens is 1. The van der Waals surface area contributed by atoms with Crippen LogP contribution in [0.2, 0.25) is 10.0 Å². The van der Waals surface area contributed by atoms with Crippen LogP contribution >= 0.6 is 23.2 Å². The predicted molar refractivity (Wildman–Crippen MR) is 106 cm³/mol. The van der Waals surface area contributed by atoms with Gasteiger partial charge >= 0.3 is 5.97 Å². The third-order valence-corrected chi connectivity index (χ3v) is 5.00. The number of aryl methyl sites for hydroxylation is 1. The number of carboxylic acid groups (broad SMARTS) is 1. The molecule has 0 bridgehead atoms. The van der Waals surface area contributed by atoms with E-state index in [1.807, 2.05) is 6.07 Å². The van der Waals surface area contributed by atoms with Gasteiger partial charge in [-0.1, -0.05) is 36.2 Å². The van der Waals surface area contributed by atoms with Gasteiger partial charge in [0.2, 0.25) is 0 Å². The number of hydrogen-bond donors (Lipinski definition) is 3. The van der Waals surface area contributed by atoms with E-state index in [2.05, 4.69) is 5.32 Å². The monoisotopic (exact) mass is 426 g/mol. The second kappa shape index (κ2) is 9.61. The second-order valence-electron chi connectivity index (χ2n) is 6.16. The molecule has 3 N–H and O–H groups in total. The normalized spacial score (nSPS) is 11.8. The third kappa shape index (κ3) is 5.05. The number of halogens is 2. The molecular weight excluding hydrogens is 407 g/mol. The number of aliphatic carboxylic acids is 1. The lowest BCUT2D eigenvalue weighted by Gasteiger charge is -2.15. The molecule has 1 aromatic heterocycles. The zero-order valence-electron chi connectivity index (χ0n) is 15.1. The molecule has 7 nitrogen and oxygen atoms in total. The molecule has 150 valence electrons. The average molecular weight is 427 g/mol. The summed E-state index contributed by atoms with van der Waals surface area (Å²) in [5, 5.41) is 22.8. The second-order valence-corrected chi connectivity index (χ2v) is 6.98. The molecular formula is C19H20Cl2N2O5. The Hall–Kier alpha value is -2.51. The molecule has 0 radical (unpaired) electrons. The number of carbonyl (C=O) groups excluding carboxylic acids is 1. The van der Waals surface area contributed by atoms with E-state index in [1.54, 1.807) is 19.1 Å². The molecule has 0 saturated heterocycles. The molecule has 1 heterocycles. The molecule has 28 heavy (non-hydrogen) atoms. The Balaban J connectivity index is 2.00. The molecule has 1 atom stereocenters. The minimum Gasteiger partial charge on any atom is -0.502 e. The van der Waals surface area contributed by atoms with E-state index in [0.717, 1.165) is 10.1 Å². The number of carboxylic acids is 1. The minimum absolute atomic E-state index is 0.162. The number of benzene rings is 1. The highest BCUT2D eigenvalue weighted by atomic mass is 35.5. The summed E-state index contributed by atoms with van der Waals surface area (Å²) in [6, 6.07) is 5.42. The van der Waals surface area contributed by atoms with Crippen molar-refractivity contribution < 1.29 is 19.8 Å².